The first kappa shape index (κ1) is 14.5. The molecule has 1 aliphatic carbocycles. The maximum absolute atomic E-state index is 11.7. The zero-order valence-electron chi connectivity index (χ0n) is 11.4. The molecule has 0 aromatic rings. The van der Waals surface area contributed by atoms with Crippen LogP contribution in [0.25, 0.3) is 0 Å². The van der Waals surface area contributed by atoms with Crippen LogP contribution in [-0.4, -0.2) is 43.0 Å². The molecule has 4 nitrogen and oxygen atoms in total. The Labute approximate surface area is 105 Å². The van der Waals surface area contributed by atoms with Crippen molar-refractivity contribution in [2.45, 2.75) is 51.6 Å². The fourth-order valence-corrected chi connectivity index (χ4v) is 2.33. The molecule has 2 unspecified atom stereocenters. The minimum absolute atomic E-state index is 0.125. The van der Waals surface area contributed by atoms with Crippen molar-refractivity contribution < 1.29 is 4.79 Å². The van der Waals surface area contributed by atoms with Gasteiger partial charge >= 0.3 is 0 Å². The Bertz CT molecular complexity index is 243. The van der Waals surface area contributed by atoms with E-state index in [1.54, 1.807) is 0 Å². The van der Waals surface area contributed by atoms with Crippen molar-refractivity contribution in [3.05, 3.63) is 0 Å². The van der Waals surface area contributed by atoms with E-state index in [4.69, 9.17) is 5.73 Å². The summed E-state index contributed by atoms with van der Waals surface area (Å²) in [6.07, 6.45) is 4.50. The summed E-state index contributed by atoms with van der Waals surface area (Å²) in [5.74, 6) is 0.632. The highest BCUT2D eigenvalue weighted by atomic mass is 16.2. The Balaban J connectivity index is 2.27. The molecule has 0 aromatic carbocycles. The monoisotopic (exact) mass is 241 g/mol. The molecule has 0 radical (unpaired) electrons. The van der Waals surface area contributed by atoms with E-state index in [2.05, 4.69) is 24.1 Å². The van der Waals surface area contributed by atoms with E-state index in [0.29, 0.717) is 24.5 Å². The van der Waals surface area contributed by atoms with Gasteiger partial charge in [0.2, 0.25) is 5.91 Å². The number of nitrogens with two attached hydrogens (primary N) is 1. The van der Waals surface area contributed by atoms with Gasteiger partial charge < -0.3 is 11.1 Å². The van der Waals surface area contributed by atoms with E-state index in [1.165, 1.54) is 12.8 Å². The molecule has 0 spiro atoms. The molecule has 1 fully saturated rings. The predicted molar refractivity (Wildman–Crippen MR) is 70.7 cm³/mol. The second-order valence-corrected chi connectivity index (χ2v) is 5.69. The summed E-state index contributed by atoms with van der Waals surface area (Å²) < 4.78 is 0. The summed E-state index contributed by atoms with van der Waals surface area (Å²) in [5.41, 5.74) is 5.96. The molecule has 0 aliphatic heterocycles. The van der Waals surface area contributed by atoms with Crippen molar-refractivity contribution in [3.63, 3.8) is 0 Å². The maximum Gasteiger partial charge on any atom is 0.234 e. The standard InChI is InChI=1S/C13H27N3O/c1-10(2)8-15-13(17)9-16(3)12-6-4-5-11(14)7-12/h10-12H,4-9,14H2,1-3H3,(H,15,17). The third-order valence-electron chi connectivity index (χ3n) is 3.41. The smallest absolute Gasteiger partial charge is 0.234 e. The molecule has 1 rings (SSSR count). The SMILES string of the molecule is CC(C)CNC(=O)CN(C)C1CCCC(N)C1. The minimum atomic E-state index is 0.125. The Hall–Kier alpha value is -0.610. The first-order chi connectivity index (χ1) is 7.99. The van der Waals surface area contributed by atoms with Gasteiger partial charge in [0, 0.05) is 18.6 Å². The Morgan fingerprint density at radius 1 is 1.47 bits per heavy atom. The summed E-state index contributed by atoms with van der Waals surface area (Å²) >= 11 is 0. The molecule has 3 N–H and O–H groups in total. The highest BCUT2D eigenvalue weighted by Crippen LogP contribution is 2.20. The molecule has 100 valence electrons. The average molecular weight is 241 g/mol. The molecule has 17 heavy (non-hydrogen) atoms. The van der Waals surface area contributed by atoms with E-state index in [1.807, 2.05) is 7.05 Å². The summed E-state index contributed by atoms with van der Waals surface area (Å²) in [6.45, 7) is 5.45. The topological polar surface area (TPSA) is 58.4 Å². The van der Waals surface area contributed by atoms with Gasteiger partial charge in [0.15, 0.2) is 0 Å². The fraction of sp³-hybridized carbons (Fsp3) is 0.923. The normalized spacial score (nSPS) is 25.3. The minimum Gasteiger partial charge on any atom is -0.355 e. The Kier molecular flexibility index (Phi) is 5.92. The molecule has 0 saturated heterocycles. The van der Waals surface area contributed by atoms with Gasteiger partial charge in [-0.2, -0.15) is 0 Å². The lowest BCUT2D eigenvalue weighted by atomic mass is 9.91. The zero-order chi connectivity index (χ0) is 12.8. The van der Waals surface area contributed by atoms with Gasteiger partial charge in [-0.25, -0.2) is 0 Å². The first-order valence-corrected chi connectivity index (χ1v) is 6.71. The molecule has 4 heteroatoms. The third-order valence-corrected chi connectivity index (χ3v) is 3.41. The fourth-order valence-electron chi connectivity index (χ4n) is 2.33. The van der Waals surface area contributed by atoms with Crippen LogP contribution in [0.2, 0.25) is 0 Å². The van der Waals surface area contributed by atoms with Crippen LogP contribution in [0.3, 0.4) is 0 Å². The van der Waals surface area contributed by atoms with Gasteiger partial charge in [-0.15, -0.1) is 0 Å². The van der Waals surface area contributed by atoms with Crippen LogP contribution in [0, 0.1) is 5.92 Å². The number of nitrogens with one attached hydrogen (secondary N) is 1. The van der Waals surface area contributed by atoms with Crippen molar-refractivity contribution in [2.24, 2.45) is 11.7 Å². The molecular formula is C13H27N3O. The third kappa shape index (κ3) is 5.50. The highest BCUT2D eigenvalue weighted by Gasteiger charge is 2.23. The molecule has 1 amide bonds. The van der Waals surface area contributed by atoms with Gasteiger partial charge in [0.05, 0.1) is 6.54 Å². The van der Waals surface area contributed by atoms with Gasteiger partial charge in [-0.05, 0) is 32.2 Å². The summed E-state index contributed by atoms with van der Waals surface area (Å²) in [6, 6.07) is 0.790. The molecule has 0 aromatic heterocycles. The van der Waals surface area contributed by atoms with Crippen LogP contribution < -0.4 is 11.1 Å². The predicted octanol–water partition coefficient (Wildman–Crippen LogP) is 0.960. The van der Waals surface area contributed by atoms with E-state index < -0.39 is 0 Å². The van der Waals surface area contributed by atoms with Gasteiger partial charge in [0.25, 0.3) is 0 Å². The van der Waals surface area contributed by atoms with Gasteiger partial charge in [-0.1, -0.05) is 20.3 Å². The molecule has 1 saturated carbocycles. The number of carbonyl (C=O) groups is 1. The van der Waals surface area contributed by atoms with Crippen molar-refractivity contribution in [2.75, 3.05) is 20.1 Å². The number of rotatable bonds is 5. The lowest BCUT2D eigenvalue weighted by molar-refractivity contribution is -0.122. The van der Waals surface area contributed by atoms with Crippen LogP contribution in [-0.2, 0) is 4.79 Å². The van der Waals surface area contributed by atoms with E-state index in [-0.39, 0.29) is 5.91 Å². The highest BCUT2D eigenvalue weighted by molar-refractivity contribution is 5.77. The van der Waals surface area contributed by atoms with E-state index in [0.717, 1.165) is 19.4 Å². The molecule has 2 atom stereocenters. The van der Waals surface area contributed by atoms with Crippen LogP contribution in [0.4, 0.5) is 0 Å². The van der Waals surface area contributed by atoms with Crippen LogP contribution in [0.1, 0.15) is 39.5 Å². The second kappa shape index (κ2) is 6.97. The van der Waals surface area contributed by atoms with Crippen LogP contribution in [0.15, 0.2) is 0 Å². The van der Waals surface area contributed by atoms with Gasteiger partial charge in [-0.3, -0.25) is 9.69 Å². The van der Waals surface area contributed by atoms with E-state index >= 15 is 0 Å². The number of amides is 1. The largest absolute Gasteiger partial charge is 0.355 e. The van der Waals surface area contributed by atoms with Crippen LogP contribution >= 0.6 is 0 Å². The van der Waals surface area contributed by atoms with Crippen molar-refractivity contribution in [1.29, 1.82) is 0 Å². The Morgan fingerprint density at radius 3 is 2.76 bits per heavy atom. The number of likely N-dealkylation sites (N-methyl/N-ethyl adjacent to an activating group) is 1. The lowest BCUT2D eigenvalue weighted by Crippen LogP contribution is -2.45. The summed E-state index contributed by atoms with van der Waals surface area (Å²) in [7, 11) is 2.03. The summed E-state index contributed by atoms with van der Waals surface area (Å²) in [4.78, 5) is 13.8. The van der Waals surface area contributed by atoms with Crippen molar-refractivity contribution >= 4 is 5.91 Å². The van der Waals surface area contributed by atoms with Gasteiger partial charge in [0.1, 0.15) is 0 Å². The molecule has 0 heterocycles. The summed E-state index contributed by atoms with van der Waals surface area (Å²) in [5, 5.41) is 2.95. The number of hydrogen-bond acceptors (Lipinski definition) is 3. The molecule has 1 aliphatic rings. The van der Waals surface area contributed by atoms with Crippen molar-refractivity contribution in [1.82, 2.24) is 10.2 Å². The second-order valence-electron chi connectivity index (χ2n) is 5.69. The Morgan fingerprint density at radius 2 is 2.18 bits per heavy atom. The lowest BCUT2D eigenvalue weighted by Gasteiger charge is -2.33. The zero-order valence-corrected chi connectivity index (χ0v) is 11.4. The number of nitrogens with zero attached hydrogens (tertiary/aromatic N) is 1. The maximum atomic E-state index is 11.7. The van der Waals surface area contributed by atoms with Crippen molar-refractivity contribution in [3.8, 4) is 0 Å². The van der Waals surface area contributed by atoms with Crippen LogP contribution in [0.5, 0.6) is 0 Å². The molecular weight excluding hydrogens is 214 g/mol. The average Bonchev–Trinajstić information content (AvgIpc) is 2.26. The van der Waals surface area contributed by atoms with E-state index in [9.17, 15) is 4.79 Å². The first-order valence-electron chi connectivity index (χ1n) is 6.71. The quantitative estimate of drug-likeness (QED) is 0.754. The number of hydrogen-bond donors (Lipinski definition) is 2. The molecule has 0 bridgehead atoms. The number of carbonyl (C=O) groups excluding carboxylic acids is 1.